The number of para-hydroxylation sites is 1. The number of aliphatic hydroxyl groups is 1. The van der Waals surface area contributed by atoms with Gasteiger partial charge in [-0.1, -0.05) is 24.3 Å². The Morgan fingerprint density at radius 2 is 1.50 bits per heavy atom. The fourth-order valence-corrected chi connectivity index (χ4v) is 5.41. The molecule has 0 aliphatic carbocycles. The van der Waals surface area contributed by atoms with E-state index in [1.807, 2.05) is 0 Å². The first-order valence-corrected chi connectivity index (χ1v) is 12.9. The van der Waals surface area contributed by atoms with E-state index in [0.717, 1.165) is 0 Å². The van der Waals surface area contributed by atoms with Crippen molar-refractivity contribution in [2.75, 3.05) is 0 Å². The minimum absolute atomic E-state index is 0.00413. The maximum atomic E-state index is 12.9. The van der Waals surface area contributed by atoms with Gasteiger partial charge in [-0.3, -0.25) is 0 Å². The van der Waals surface area contributed by atoms with Crippen molar-refractivity contribution < 1.29 is 38.4 Å². The van der Waals surface area contributed by atoms with E-state index in [9.17, 15) is 29.7 Å². The molecule has 0 saturated heterocycles. The number of esters is 1. The standard InChI is InChI=1S/C32H20O10/c33-22-4-2-6-25-28(22)17(14-26(35)39-25)9-15-7-8-24-20(10-15)29(37)21-12-18(31(38)42-32(21)40-24)11-16-13-27(36)41-30-19(16)3-1-5-23(30)34/h1-8,10,12-14,32-34,37H,9,11H2. The van der Waals surface area contributed by atoms with E-state index < -0.39 is 23.5 Å². The summed E-state index contributed by atoms with van der Waals surface area (Å²) >= 11 is 0. The van der Waals surface area contributed by atoms with Crippen LogP contribution in [0.3, 0.4) is 0 Å². The molecule has 0 spiro atoms. The van der Waals surface area contributed by atoms with Crippen molar-refractivity contribution in [2.45, 2.75) is 19.1 Å². The van der Waals surface area contributed by atoms with E-state index in [4.69, 9.17) is 18.3 Å². The van der Waals surface area contributed by atoms with Crippen LogP contribution in [0.5, 0.6) is 17.2 Å². The molecule has 208 valence electrons. The molecule has 10 nitrogen and oxygen atoms in total. The van der Waals surface area contributed by atoms with Crippen LogP contribution in [0.4, 0.5) is 0 Å². The van der Waals surface area contributed by atoms with Gasteiger partial charge in [-0.2, -0.15) is 0 Å². The molecule has 10 heteroatoms. The van der Waals surface area contributed by atoms with Crippen LogP contribution >= 0.6 is 0 Å². The summed E-state index contributed by atoms with van der Waals surface area (Å²) in [6, 6.07) is 16.9. The molecule has 2 aliphatic rings. The summed E-state index contributed by atoms with van der Waals surface area (Å²) in [6.45, 7) is 0. The molecular formula is C32H20O10. The number of aliphatic hydroxyl groups excluding tert-OH is 1. The molecule has 0 bridgehead atoms. The molecule has 3 aromatic carbocycles. The Morgan fingerprint density at radius 1 is 0.738 bits per heavy atom. The summed E-state index contributed by atoms with van der Waals surface area (Å²) in [5.74, 6) is -0.797. The molecule has 2 aliphatic heterocycles. The molecule has 2 aromatic heterocycles. The lowest BCUT2D eigenvalue weighted by molar-refractivity contribution is -0.155. The lowest BCUT2D eigenvalue weighted by Gasteiger charge is -2.30. The molecule has 1 unspecified atom stereocenters. The number of fused-ring (bicyclic) bond motifs is 4. The maximum absolute atomic E-state index is 12.9. The largest absolute Gasteiger partial charge is 0.507 e. The van der Waals surface area contributed by atoms with E-state index in [1.54, 1.807) is 42.5 Å². The summed E-state index contributed by atoms with van der Waals surface area (Å²) < 4.78 is 21.7. The predicted octanol–water partition coefficient (Wildman–Crippen LogP) is 4.61. The normalized spacial score (nSPS) is 16.0. The van der Waals surface area contributed by atoms with Crippen LogP contribution in [0.1, 0.15) is 22.3 Å². The average Bonchev–Trinajstić information content (AvgIpc) is 2.95. The van der Waals surface area contributed by atoms with Crippen LogP contribution < -0.4 is 16.0 Å². The third-order valence-electron chi connectivity index (χ3n) is 7.30. The number of hydrogen-bond donors (Lipinski definition) is 3. The van der Waals surface area contributed by atoms with Gasteiger partial charge in [0.25, 0.3) is 6.29 Å². The number of ether oxygens (including phenoxy) is 2. The average molecular weight is 565 g/mol. The second-order valence-electron chi connectivity index (χ2n) is 10.00. The third-order valence-corrected chi connectivity index (χ3v) is 7.30. The highest BCUT2D eigenvalue weighted by atomic mass is 16.7. The number of benzene rings is 3. The van der Waals surface area contributed by atoms with Gasteiger partial charge in [0.05, 0.1) is 16.5 Å². The summed E-state index contributed by atoms with van der Waals surface area (Å²) in [5, 5.41) is 32.7. The minimum atomic E-state index is -1.18. The van der Waals surface area contributed by atoms with Gasteiger partial charge in [0.15, 0.2) is 11.3 Å². The Hall–Kier alpha value is -5.77. The van der Waals surface area contributed by atoms with E-state index in [-0.39, 0.29) is 58.2 Å². The summed E-state index contributed by atoms with van der Waals surface area (Å²) in [7, 11) is 0. The van der Waals surface area contributed by atoms with Crippen molar-refractivity contribution in [3.8, 4) is 17.2 Å². The zero-order valence-electron chi connectivity index (χ0n) is 21.6. The zero-order valence-corrected chi connectivity index (χ0v) is 21.6. The number of phenolic OH excluding ortho intramolecular Hbond substituents is 2. The SMILES string of the molecule is O=C1OC2Oc3ccc(Cc4cc(=O)oc5cccc(O)c45)cc3C(O)=C2C=C1Cc1cc(=O)oc2c(O)cccc12. The van der Waals surface area contributed by atoms with E-state index in [0.29, 0.717) is 33.0 Å². The van der Waals surface area contributed by atoms with Crippen molar-refractivity contribution in [3.63, 3.8) is 0 Å². The van der Waals surface area contributed by atoms with Gasteiger partial charge in [-0.05, 0) is 59.5 Å². The molecular weight excluding hydrogens is 544 g/mol. The number of phenols is 2. The van der Waals surface area contributed by atoms with Gasteiger partial charge < -0.3 is 33.6 Å². The highest BCUT2D eigenvalue weighted by Gasteiger charge is 2.36. The Kier molecular flexibility index (Phi) is 5.65. The lowest BCUT2D eigenvalue weighted by atomic mass is 9.94. The van der Waals surface area contributed by atoms with Gasteiger partial charge in [0, 0.05) is 29.5 Å². The fourth-order valence-electron chi connectivity index (χ4n) is 5.41. The Balaban J connectivity index is 1.27. The molecule has 0 amide bonds. The topological polar surface area (TPSA) is 157 Å². The molecule has 42 heavy (non-hydrogen) atoms. The van der Waals surface area contributed by atoms with Crippen molar-refractivity contribution in [1.82, 2.24) is 0 Å². The molecule has 0 radical (unpaired) electrons. The summed E-state index contributed by atoms with van der Waals surface area (Å²) in [6.07, 6.45) is 0.499. The lowest BCUT2D eigenvalue weighted by Crippen LogP contribution is -2.34. The number of aromatic hydroxyl groups is 2. The second-order valence-corrected chi connectivity index (χ2v) is 10.00. The second kappa shape index (κ2) is 9.41. The van der Waals surface area contributed by atoms with Crippen molar-refractivity contribution in [3.05, 3.63) is 127 Å². The quantitative estimate of drug-likeness (QED) is 0.208. The number of carbonyl (C=O) groups is 1. The van der Waals surface area contributed by atoms with Gasteiger partial charge >= 0.3 is 17.2 Å². The van der Waals surface area contributed by atoms with Crippen LogP contribution in [0.2, 0.25) is 0 Å². The highest BCUT2D eigenvalue weighted by molar-refractivity contribution is 5.94. The first-order chi connectivity index (χ1) is 20.2. The van der Waals surface area contributed by atoms with Crippen molar-refractivity contribution in [2.24, 2.45) is 0 Å². The van der Waals surface area contributed by atoms with E-state index in [1.165, 1.54) is 30.3 Å². The van der Waals surface area contributed by atoms with Crippen LogP contribution in [0.25, 0.3) is 27.7 Å². The molecule has 3 N–H and O–H groups in total. The molecule has 7 rings (SSSR count). The fraction of sp³-hybridized carbons (Fsp3) is 0.0938. The van der Waals surface area contributed by atoms with Gasteiger partial charge in [0.1, 0.15) is 22.8 Å². The van der Waals surface area contributed by atoms with Crippen molar-refractivity contribution in [1.29, 1.82) is 0 Å². The molecule has 0 fully saturated rings. The predicted molar refractivity (Wildman–Crippen MR) is 149 cm³/mol. The highest BCUT2D eigenvalue weighted by Crippen LogP contribution is 2.40. The number of carbonyl (C=O) groups excluding carboxylic acids is 1. The number of rotatable bonds is 4. The molecule has 4 heterocycles. The van der Waals surface area contributed by atoms with Crippen LogP contribution in [-0.2, 0) is 22.4 Å². The molecule has 0 saturated carbocycles. The minimum Gasteiger partial charge on any atom is -0.507 e. The van der Waals surface area contributed by atoms with Crippen molar-refractivity contribution >= 4 is 33.7 Å². The van der Waals surface area contributed by atoms with Crippen LogP contribution in [-0.4, -0.2) is 27.6 Å². The first kappa shape index (κ1) is 25.2. The Labute approximate surface area is 235 Å². The zero-order chi connectivity index (χ0) is 29.1. The summed E-state index contributed by atoms with van der Waals surface area (Å²) in [4.78, 5) is 37.2. The van der Waals surface area contributed by atoms with Gasteiger partial charge in [0.2, 0.25) is 0 Å². The molecule has 5 aromatic rings. The third kappa shape index (κ3) is 4.17. The summed E-state index contributed by atoms with van der Waals surface area (Å²) in [5.41, 5.74) is 1.41. The first-order valence-electron chi connectivity index (χ1n) is 12.9. The van der Waals surface area contributed by atoms with E-state index in [2.05, 4.69) is 0 Å². The van der Waals surface area contributed by atoms with E-state index >= 15 is 0 Å². The Bertz CT molecular complexity index is 2150. The van der Waals surface area contributed by atoms with Crippen LogP contribution in [0.15, 0.2) is 102 Å². The maximum Gasteiger partial charge on any atom is 0.337 e. The smallest absolute Gasteiger partial charge is 0.337 e. The van der Waals surface area contributed by atoms with Crippen LogP contribution in [0, 0.1) is 0 Å². The van der Waals surface area contributed by atoms with Gasteiger partial charge in [-0.15, -0.1) is 0 Å². The number of hydrogen-bond acceptors (Lipinski definition) is 10. The molecule has 1 atom stereocenters. The Morgan fingerprint density at radius 3 is 2.36 bits per heavy atom. The monoisotopic (exact) mass is 564 g/mol. The van der Waals surface area contributed by atoms with Gasteiger partial charge in [-0.25, -0.2) is 14.4 Å².